The van der Waals surface area contributed by atoms with E-state index >= 15 is 0 Å². The van der Waals surface area contributed by atoms with Crippen molar-refractivity contribution in [1.82, 2.24) is 4.72 Å². The van der Waals surface area contributed by atoms with E-state index in [1.54, 1.807) is 6.07 Å². The van der Waals surface area contributed by atoms with Gasteiger partial charge in [0.2, 0.25) is 10.0 Å². The van der Waals surface area contributed by atoms with Gasteiger partial charge in [0.25, 0.3) is 0 Å². The van der Waals surface area contributed by atoms with Crippen molar-refractivity contribution in [3.63, 3.8) is 0 Å². The molecule has 0 bridgehead atoms. The van der Waals surface area contributed by atoms with Crippen molar-refractivity contribution in [2.45, 2.75) is 37.5 Å². The molecule has 0 saturated carbocycles. The molecule has 0 aliphatic rings. The molecule has 0 aromatic carbocycles. The molecule has 0 aliphatic heterocycles. The lowest BCUT2D eigenvalue weighted by molar-refractivity contribution is -0.142. The Balaban J connectivity index is 4.81. The summed E-state index contributed by atoms with van der Waals surface area (Å²) in [6, 6.07) is 0.111. The molecule has 0 fully saturated rings. The second-order valence-electron chi connectivity index (χ2n) is 3.69. The number of carbonyl (C=O) groups excluding carboxylic acids is 1. The van der Waals surface area contributed by atoms with E-state index in [2.05, 4.69) is 4.74 Å². The summed E-state index contributed by atoms with van der Waals surface area (Å²) in [4.78, 5) is 21.8. The van der Waals surface area contributed by atoms with E-state index < -0.39 is 33.3 Å². The molecule has 0 rings (SSSR count). The number of ether oxygens (including phenoxy) is 1. The molecule has 0 spiro atoms. The van der Waals surface area contributed by atoms with Gasteiger partial charge in [-0.25, -0.2) is 8.42 Å². The lowest BCUT2D eigenvalue weighted by Crippen LogP contribution is -2.44. The van der Waals surface area contributed by atoms with Crippen LogP contribution in [0.2, 0.25) is 0 Å². The molecule has 9 heteroatoms. The Hall–Kier alpha value is -1.66. The van der Waals surface area contributed by atoms with E-state index in [0.29, 0.717) is 0 Å². The maximum Gasteiger partial charge on any atom is 0.321 e. The highest BCUT2D eigenvalue weighted by Gasteiger charge is 2.30. The predicted octanol–water partition coefficient (Wildman–Crippen LogP) is -0.386. The summed E-state index contributed by atoms with van der Waals surface area (Å²) in [7, 11) is -2.92. The molecule has 0 saturated heterocycles. The van der Waals surface area contributed by atoms with Gasteiger partial charge >= 0.3 is 11.9 Å². The maximum atomic E-state index is 11.7. The zero-order valence-electron chi connectivity index (χ0n) is 10.6. The van der Waals surface area contributed by atoms with Crippen LogP contribution in [-0.2, 0) is 24.3 Å². The van der Waals surface area contributed by atoms with Crippen molar-refractivity contribution in [3.8, 4) is 6.07 Å². The van der Waals surface area contributed by atoms with E-state index in [9.17, 15) is 18.0 Å². The van der Waals surface area contributed by atoms with Gasteiger partial charge in [-0.05, 0) is 12.8 Å². The SMILES string of the molecule is CCC(C#N)S(=O)(=O)N[C@@H](CCC(=O)OC)C(=O)O. The van der Waals surface area contributed by atoms with Gasteiger partial charge in [-0.3, -0.25) is 9.59 Å². The van der Waals surface area contributed by atoms with E-state index in [0.717, 1.165) is 7.11 Å². The molecule has 8 nitrogen and oxygen atoms in total. The number of nitrogens with zero attached hydrogens (tertiary/aromatic N) is 1. The van der Waals surface area contributed by atoms with Crippen molar-refractivity contribution in [2.24, 2.45) is 0 Å². The number of carboxylic acids is 1. The van der Waals surface area contributed by atoms with Gasteiger partial charge in [-0.1, -0.05) is 6.92 Å². The van der Waals surface area contributed by atoms with Crippen molar-refractivity contribution in [1.29, 1.82) is 5.26 Å². The van der Waals surface area contributed by atoms with Crippen LogP contribution >= 0.6 is 0 Å². The highest BCUT2D eigenvalue weighted by molar-refractivity contribution is 7.90. The fraction of sp³-hybridized carbons (Fsp3) is 0.700. The first-order valence-electron chi connectivity index (χ1n) is 5.48. The smallest absolute Gasteiger partial charge is 0.321 e. The van der Waals surface area contributed by atoms with Crippen LogP contribution in [0.25, 0.3) is 0 Å². The standard InChI is InChI=1S/C10H16N2O6S/c1-3-7(6-11)19(16,17)12-8(10(14)15)4-5-9(13)18-2/h7-8,12H,3-5H2,1-2H3,(H,14,15)/t7?,8-/m0/s1. The zero-order chi connectivity index (χ0) is 15.1. The molecule has 0 amide bonds. The number of nitrogens with one attached hydrogen (secondary N) is 1. The summed E-state index contributed by atoms with van der Waals surface area (Å²) in [5.74, 6) is -2.06. The Morgan fingerprint density at radius 1 is 1.47 bits per heavy atom. The first-order valence-corrected chi connectivity index (χ1v) is 7.03. The molecule has 2 N–H and O–H groups in total. The van der Waals surface area contributed by atoms with Crippen molar-refractivity contribution < 1.29 is 27.9 Å². The summed E-state index contributed by atoms with van der Waals surface area (Å²) < 4.78 is 29.7. The van der Waals surface area contributed by atoms with E-state index in [1.165, 1.54) is 6.92 Å². The van der Waals surface area contributed by atoms with Gasteiger partial charge in [-0.15, -0.1) is 0 Å². The van der Waals surface area contributed by atoms with Gasteiger partial charge < -0.3 is 9.84 Å². The Morgan fingerprint density at radius 2 is 2.05 bits per heavy atom. The monoisotopic (exact) mass is 292 g/mol. The summed E-state index contributed by atoms with van der Waals surface area (Å²) in [6.07, 6.45) is -0.447. The van der Waals surface area contributed by atoms with Gasteiger partial charge in [0.05, 0.1) is 13.2 Å². The van der Waals surface area contributed by atoms with Crippen LogP contribution in [0.3, 0.4) is 0 Å². The number of hydrogen-bond donors (Lipinski definition) is 2. The quantitative estimate of drug-likeness (QED) is 0.582. The van der Waals surface area contributed by atoms with Gasteiger partial charge in [0, 0.05) is 6.42 Å². The third kappa shape index (κ3) is 5.67. The van der Waals surface area contributed by atoms with Crippen LogP contribution in [0.4, 0.5) is 0 Å². The maximum absolute atomic E-state index is 11.7. The molecule has 108 valence electrons. The number of aliphatic carboxylic acids is 1. The third-order valence-electron chi connectivity index (χ3n) is 2.36. The fourth-order valence-corrected chi connectivity index (χ4v) is 2.61. The Bertz CT molecular complexity index is 467. The Morgan fingerprint density at radius 3 is 2.42 bits per heavy atom. The number of nitriles is 1. The number of methoxy groups -OCH3 is 1. The van der Waals surface area contributed by atoms with Crippen LogP contribution in [-0.4, -0.2) is 43.9 Å². The lowest BCUT2D eigenvalue weighted by Gasteiger charge is -2.16. The highest BCUT2D eigenvalue weighted by atomic mass is 32.2. The molecule has 0 radical (unpaired) electrons. The molecular weight excluding hydrogens is 276 g/mol. The number of esters is 1. The first kappa shape index (κ1) is 17.3. The predicted molar refractivity (Wildman–Crippen MR) is 64.4 cm³/mol. The minimum atomic E-state index is -4.07. The van der Waals surface area contributed by atoms with Crippen LogP contribution < -0.4 is 4.72 Å². The van der Waals surface area contributed by atoms with Crippen LogP contribution in [0, 0.1) is 11.3 Å². The van der Waals surface area contributed by atoms with Gasteiger partial charge in [0.1, 0.15) is 6.04 Å². The molecule has 2 atom stereocenters. The third-order valence-corrected chi connectivity index (χ3v) is 4.16. The molecule has 0 aromatic rings. The van der Waals surface area contributed by atoms with Crippen molar-refractivity contribution in [3.05, 3.63) is 0 Å². The largest absolute Gasteiger partial charge is 0.480 e. The second kappa shape index (κ2) is 7.70. The number of carboxylic acid groups (broad SMARTS) is 1. The number of hydrogen-bond acceptors (Lipinski definition) is 6. The topological polar surface area (TPSA) is 134 Å². The van der Waals surface area contributed by atoms with E-state index in [4.69, 9.17) is 10.4 Å². The van der Waals surface area contributed by atoms with E-state index in [-0.39, 0.29) is 19.3 Å². The van der Waals surface area contributed by atoms with Gasteiger partial charge in [-0.2, -0.15) is 9.98 Å². The molecule has 1 unspecified atom stereocenters. The lowest BCUT2D eigenvalue weighted by atomic mass is 10.2. The summed E-state index contributed by atoms with van der Waals surface area (Å²) >= 11 is 0. The number of carbonyl (C=O) groups is 2. The highest BCUT2D eigenvalue weighted by Crippen LogP contribution is 2.07. The van der Waals surface area contributed by atoms with E-state index in [1.807, 2.05) is 4.72 Å². The van der Waals surface area contributed by atoms with Crippen LogP contribution in [0.15, 0.2) is 0 Å². The average molecular weight is 292 g/mol. The second-order valence-corrected chi connectivity index (χ2v) is 5.59. The Kier molecular flexibility index (Phi) is 7.03. The first-order chi connectivity index (χ1) is 8.78. The zero-order valence-corrected chi connectivity index (χ0v) is 11.4. The van der Waals surface area contributed by atoms with Crippen LogP contribution in [0.5, 0.6) is 0 Å². The number of rotatable bonds is 8. The normalized spacial score (nSPS) is 14.2. The molecule has 19 heavy (non-hydrogen) atoms. The summed E-state index contributed by atoms with van der Waals surface area (Å²) in [6.45, 7) is 1.50. The minimum Gasteiger partial charge on any atom is -0.480 e. The van der Waals surface area contributed by atoms with Crippen molar-refractivity contribution >= 4 is 22.0 Å². The number of sulfonamides is 1. The van der Waals surface area contributed by atoms with Crippen LogP contribution in [0.1, 0.15) is 26.2 Å². The minimum absolute atomic E-state index is 0.0369. The Labute approximate surface area is 111 Å². The van der Waals surface area contributed by atoms with Crippen molar-refractivity contribution in [2.75, 3.05) is 7.11 Å². The summed E-state index contributed by atoms with van der Waals surface area (Å²) in [5.41, 5.74) is 0. The molecular formula is C10H16N2O6S. The summed E-state index contributed by atoms with van der Waals surface area (Å²) in [5, 5.41) is 16.2. The fourth-order valence-electron chi connectivity index (χ4n) is 1.26. The molecule has 0 aliphatic carbocycles. The molecule has 0 aromatic heterocycles. The van der Waals surface area contributed by atoms with Gasteiger partial charge in [0.15, 0.2) is 5.25 Å². The molecule has 0 heterocycles. The average Bonchev–Trinajstić information content (AvgIpc) is 2.34.